The lowest BCUT2D eigenvalue weighted by Gasteiger charge is -2.09. The van der Waals surface area contributed by atoms with Gasteiger partial charge >= 0.3 is 0 Å². The Balaban J connectivity index is 2.22. The largest absolute Gasteiger partial charge is 0.290 e. The Labute approximate surface area is 136 Å². The number of hydrogen-bond acceptors (Lipinski definition) is 4. The number of aromatic nitrogens is 1. The first-order chi connectivity index (χ1) is 10.7. The molecule has 0 aliphatic rings. The summed E-state index contributed by atoms with van der Waals surface area (Å²) in [6.45, 7) is 5.58. The van der Waals surface area contributed by atoms with Crippen molar-refractivity contribution in [2.75, 3.05) is 4.72 Å². The van der Waals surface area contributed by atoms with Crippen molar-refractivity contribution >= 4 is 21.9 Å². The Hall–Kier alpha value is -2.41. The third-order valence-electron chi connectivity index (χ3n) is 3.06. The van der Waals surface area contributed by atoms with Crippen LogP contribution >= 0.6 is 0 Å². The fourth-order valence-corrected chi connectivity index (χ4v) is 2.75. The predicted octanol–water partition coefficient (Wildman–Crippen LogP) is 2.50. The van der Waals surface area contributed by atoms with E-state index in [2.05, 4.69) is 9.71 Å². The van der Waals surface area contributed by atoms with Crippen LogP contribution in [0.1, 0.15) is 26.3 Å². The van der Waals surface area contributed by atoms with Gasteiger partial charge in [-0.2, -0.15) is 0 Å². The SMILES string of the molecule is CC(C)(C)/[N+](O)=C/c1ccc(S(=O)(=O)Nc2cccnc2)cc1. The van der Waals surface area contributed by atoms with Gasteiger partial charge in [0.05, 0.1) is 16.8 Å². The van der Waals surface area contributed by atoms with E-state index in [1.54, 1.807) is 36.7 Å². The molecule has 0 fully saturated rings. The van der Waals surface area contributed by atoms with Crippen molar-refractivity contribution in [2.45, 2.75) is 31.2 Å². The second kappa shape index (κ2) is 6.37. The van der Waals surface area contributed by atoms with Gasteiger partial charge in [-0.3, -0.25) is 14.9 Å². The fraction of sp³-hybridized carbons (Fsp3) is 0.250. The average molecular weight is 334 g/mol. The molecular weight excluding hydrogens is 314 g/mol. The number of nitrogens with zero attached hydrogens (tertiary/aromatic N) is 2. The molecule has 23 heavy (non-hydrogen) atoms. The molecule has 1 aromatic heterocycles. The van der Waals surface area contributed by atoms with E-state index in [1.165, 1.54) is 18.3 Å². The molecular formula is C16H20N3O3S+. The summed E-state index contributed by atoms with van der Waals surface area (Å²) in [7, 11) is -3.67. The molecule has 0 spiro atoms. The molecule has 0 bridgehead atoms. The molecule has 0 saturated heterocycles. The lowest BCUT2D eigenvalue weighted by Crippen LogP contribution is -2.31. The van der Waals surface area contributed by atoms with Crippen molar-refractivity contribution < 1.29 is 18.4 Å². The monoisotopic (exact) mass is 334 g/mol. The minimum Gasteiger partial charge on any atom is -0.290 e. The fourth-order valence-electron chi connectivity index (χ4n) is 1.71. The minimum atomic E-state index is -3.67. The molecule has 0 unspecified atom stereocenters. The van der Waals surface area contributed by atoms with Gasteiger partial charge in [-0.1, -0.05) is 0 Å². The van der Waals surface area contributed by atoms with Gasteiger partial charge in [0.1, 0.15) is 0 Å². The van der Waals surface area contributed by atoms with E-state index >= 15 is 0 Å². The molecule has 0 aliphatic heterocycles. The first-order valence-electron chi connectivity index (χ1n) is 7.04. The maximum absolute atomic E-state index is 12.3. The molecule has 0 radical (unpaired) electrons. The average Bonchev–Trinajstić information content (AvgIpc) is 2.47. The normalized spacial score (nSPS) is 12.9. The van der Waals surface area contributed by atoms with Crippen LogP contribution in [0.5, 0.6) is 0 Å². The molecule has 0 atom stereocenters. The van der Waals surface area contributed by atoms with Crippen molar-refractivity contribution in [3.8, 4) is 0 Å². The second-order valence-corrected chi connectivity index (χ2v) is 7.74. The van der Waals surface area contributed by atoms with Gasteiger partial charge in [0, 0.05) is 32.5 Å². The van der Waals surface area contributed by atoms with E-state index < -0.39 is 15.6 Å². The Morgan fingerprint density at radius 3 is 2.35 bits per heavy atom. The zero-order valence-electron chi connectivity index (χ0n) is 13.3. The van der Waals surface area contributed by atoms with Crippen LogP contribution in [0.2, 0.25) is 0 Å². The number of sulfonamides is 1. The van der Waals surface area contributed by atoms with E-state index in [0.717, 1.165) is 4.74 Å². The first kappa shape index (κ1) is 17.0. The Morgan fingerprint density at radius 1 is 1.17 bits per heavy atom. The van der Waals surface area contributed by atoms with Gasteiger partial charge < -0.3 is 0 Å². The number of nitrogens with one attached hydrogen (secondary N) is 1. The van der Waals surface area contributed by atoms with Crippen LogP contribution in [0, 0.1) is 0 Å². The van der Waals surface area contributed by atoms with Crippen molar-refractivity contribution in [2.24, 2.45) is 0 Å². The van der Waals surface area contributed by atoms with Gasteiger partial charge in [-0.25, -0.2) is 8.42 Å². The summed E-state index contributed by atoms with van der Waals surface area (Å²) in [6, 6.07) is 9.51. The van der Waals surface area contributed by atoms with Crippen molar-refractivity contribution in [3.05, 3.63) is 54.4 Å². The highest BCUT2D eigenvalue weighted by Crippen LogP contribution is 2.15. The molecule has 6 nitrogen and oxygen atoms in total. The van der Waals surface area contributed by atoms with Gasteiger partial charge in [-0.15, -0.1) is 0 Å². The second-order valence-electron chi connectivity index (χ2n) is 6.06. The van der Waals surface area contributed by atoms with E-state index in [1.807, 2.05) is 20.8 Å². The standard InChI is InChI=1S/C16H20N3O3S/c1-16(2,3)19(20)12-13-6-8-15(9-7-13)23(21,22)18-14-5-4-10-17-11-14/h4-12,18,20H,1-3H3/q+1/b19-12-. The Morgan fingerprint density at radius 2 is 1.83 bits per heavy atom. The van der Waals surface area contributed by atoms with Crippen LogP contribution in [-0.2, 0) is 10.0 Å². The van der Waals surface area contributed by atoms with Crippen LogP contribution in [-0.4, -0.2) is 35.1 Å². The predicted molar refractivity (Wildman–Crippen MR) is 88.5 cm³/mol. The maximum Gasteiger partial charge on any atom is 0.261 e. The molecule has 1 heterocycles. The Bertz CT molecular complexity index is 793. The van der Waals surface area contributed by atoms with Crippen LogP contribution in [0.15, 0.2) is 53.7 Å². The zero-order chi connectivity index (χ0) is 17.1. The molecule has 2 N–H and O–H groups in total. The van der Waals surface area contributed by atoms with Gasteiger partial charge in [-0.05, 0) is 41.1 Å². The number of rotatable bonds is 4. The van der Waals surface area contributed by atoms with Gasteiger partial charge in [0.25, 0.3) is 10.0 Å². The number of pyridine rings is 1. The first-order valence-corrected chi connectivity index (χ1v) is 8.53. The van der Waals surface area contributed by atoms with Crippen molar-refractivity contribution in [3.63, 3.8) is 0 Å². The van der Waals surface area contributed by atoms with Gasteiger partial charge in [0.2, 0.25) is 11.8 Å². The molecule has 0 aliphatic carbocycles. The molecule has 7 heteroatoms. The molecule has 1 aromatic carbocycles. The van der Waals surface area contributed by atoms with Crippen molar-refractivity contribution in [1.82, 2.24) is 4.98 Å². The molecule has 122 valence electrons. The van der Waals surface area contributed by atoms with E-state index in [-0.39, 0.29) is 4.90 Å². The lowest BCUT2D eigenvalue weighted by atomic mass is 10.1. The smallest absolute Gasteiger partial charge is 0.261 e. The van der Waals surface area contributed by atoms with Crippen LogP contribution in [0.25, 0.3) is 0 Å². The highest BCUT2D eigenvalue weighted by atomic mass is 32.2. The highest BCUT2D eigenvalue weighted by Gasteiger charge is 2.24. The third-order valence-corrected chi connectivity index (χ3v) is 4.46. The summed E-state index contributed by atoms with van der Waals surface area (Å²) in [6.07, 6.45) is 4.55. The number of hydroxylamine groups is 1. The van der Waals surface area contributed by atoms with E-state index in [4.69, 9.17) is 0 Å². The number of anilines is 1. The summed E-state index contributed by atoms with van der Waals surface area (Å²) in [4.78, 5) is 4.00. The van der Waals surface area contributed by atoms with E-state index in [0.29, 0.717) is 11.3 Å². The lowest BCUT2D eigenvalue weighted by molar-refractivity contribution is -0.816. The molecule has 0 saturated carbocycles. The summed E-state index contributed by atoms with van der Waals surface area (Å²) in [5.74, 6) is 0. The summed E-state index contributed by atoms with van der Waals surface area (Å²) in [5.41, 5.74) is 0.659. The van der Waals surface area contributed by atoms with Crippen LogP contribution in [0.3, 0.4) is 0 Å². The highest BCUT2D eigenvalue weighted by molar-refractivity contribution is 7.92. The Kier molecular flexibility index (Phi) is 4.70. The molecule has 0 amide bonds. The van der Waals surface area contributed by atoms with Crippen molar-refractivity contribution in [1.29, 1.82) is 0 Å². The van der Waals surface area contributed by atoms with Crippen LogP contribution in [0.4, 0.5) is 5.69 Å². The quantitative estimate of drug-likeness (QED) is 0.389. The summed E-state index contributed by atoms with van der Waals surface area (Å²) < 4.78 is 28.1. The summed E-state index contributed by atoms with van der Waals surface area (Å²) in [5, 5.41) is 9.90. The maximum atomic E-state index is 12.3. The van der Waals surface area contributed by atoms with Gasteiger partial charge in [0.15, 0.2) is 0 Å². The van der Waals surface area contributed by atoms with E-state index in [9.17, 15) is 13.6 Å². The van der Waals surface area contributed by atoms with Crippen LogP contribution < -0.4 is 4.72 Å². The summed E-state index contributed by atoms with van der Waals surface area (Å²) >= 11 is 0. The molecule has 2 aromatic rings. The number of benzene rings is 1. The molecule has 2 rings (SSSR count). The third kappa shape index (κ3) is 4.53. The number of hydrogen-bond donors (Lipinski definition) is 2. The minimum absolute atomic E-state index is 0.138. The topological polar surface area (TPSA) is 82.3 Å². The zero-order valence-corrected chi connectivity index (χ0v) is 14.1.